The van der Waals surface area contributed by atoms with Crippen molar-refractivity contribution in [2.45, 2.75) is 13.5 Å². The number of carbonyl (C=O) groups excluding carboxylic acids is 1. The Morgan fingerprint density at radius 2 is 2.00 bits per heavy atom. The number of halogens is 3. The monoisotopic (exact) mass is 363 g/mol. The molecule has 0 radical (unpaired) electrons. The maximum absolute atomic E-state index is 13.3. The Labute approximate surface area is 146 Å². The average molecular weight is 364 g/mol. The number of amides is 1. The summed E-state index contributed by atoms with van der Waals surface area (Å²) >= 11 is 5.75. The highest BCUT2D eigenvalue weighted by Gasteiger charge is 2.14. The molecule has 3 aromatic rings. The molecule has 9 heteroatoms. The van der Waals surface area contributed by atoms with Crippen LogP contribution in [-0.2, 0) is 6.54 Å². The van der Waals surface area contributed by atoms with Crippen LogP contribution in [0.3, 0.4) is 0 Å². The van der Waals surface area contributed by atoms with Crippen LogP contribution in [0.25, 0.3) is 11.0 Å². The third-order valence-electron chi connectivity index (χ3n) is 3.40. The van der Waals surface area contributed by atoms with E-state index in [1.165, 1.54) is 0 Å². The molecule has 3 rings (SSSR count). The lowest BCUT2D eigenvalue weighted by Crippen LogP contribution is -2.21. The van der Waals surface area contributed by atoms with Gasteiger partial charge < -0.3 is 0 Å². The molecule has 1 N–H and O–H groups in total. The van der Waals surface area contributed by atoms with Gasteiger partial charge in [-0.15, -0.1) is 5.10 Å². The molecule has 2 aromatic carbocycles. The number of hydrogen-bond donors (Lipinski definition) is 1. The second-order valence-corrected chi connectivity index (χ2v) is 5.68. The molecule has 0 atom stereocenters. The van der Waals surface area contributed by atoms with Crippen molar-refractivity contribution in [2.24, 2.45) is 5.10 Å². The molecule has 0 bridgehead atoms. The van der Waals surface area contributed by atoms with Gasteiger partial charge in [-0.3, -0.25) is 4.79 Å². The molecule has 6 nitrogen and oxygen atoms in total. The van der Waals surface area contributed by atoms with Gasteiger partial charge in [0.1, 0.15) is 5.52 Å². The van der Waals surface area contributed by atoms with Gasteiger partial charge in [0.05, 0.1) is 28.4 Å². The van der Waals surface area contributed by atoms with Crippen molar-refractivity contribution in [1.29, 1.82) is 0 Å². The molecule has 1 amide bonds. The number of para-hydroxylation sites is 1. The highest BCUT2D eigenvalue weighted by molar-refractivity contribution is 6.33. The highest BCUT2D eigenvalue weighted by atomic mass is 35.5. The number of fused-ring (bicyclic) bond motifs is 1. The van der Waals surface area contributed by atoms with Gasteiger partial charge in [0.15, 0.2) is 11.6 Å². The molecular weight excluding hydrogens is 352 g/mol. The van der Waals surface area contributed by atoms with Crippen LogP contribution in [0.5, 0.6) is 0 Å². The summed E-state index contributed by atoms with van der Waals surface area (Å²) in [5.74, 6) is -3.03. The van der Waals surface area contributed by atoms with Crippen LogP contribution in [0.1, 0.15) is 17.3 Å². The predicted octanol–water partition coefficient (Wildman–Crippen LogP) is 3.17. The van der Waals surface area contributed by atoms with Crippen molar-refractivity contribution in [1.82, 2.24) is 20.4 Å². The molecule has 0 fully saturated rings. The smallest absolute Gasteiger partial charge is 0.267 e. The van der Waals surface area contributed by atoms with E-state index in [0.29, 0.717) is 12.3 Å². The summed E-state index contributed by atoms with van der Waals surface area (Å²) in [4.78, 5) is 12.0. The number of hydrogen-bond acceptors (Lipinski definition) is 4. The molecule has 0 saturated heterocycles. The Kier molecular flexibility index (Phi) is 4.71. The predicted molar refractivity (Wildman–Crippen MR) is 89.5 cm³/mol. The number of aromatic nitrogens is 3. The minimum atomic E-state index is -1.16. The normalized spacial score (nSPS) is 11.8. The fourth-order valence-corrected chi connectivity index (χ4v) is 2.43. The van der Waals surface area contributed by atoms with Crippen LogP contribution in [0.4, 0.5) is 8.78 Å². The lowest BCUT2D eigenvalue weighted by molar-refractivity contribution is 0.0954. The summed E-state index contributed by atoms with van der Waals surface area (Å²) in [6.07, 6.45) is 0. The second-order valence-electron chi connectivity index (χ2n) is 5.27. The Morgan fingerprint density at radius 3 is 2.80 bits per heavy atom. The fourth-order valence-electron chi connectivity index (χ4n) is 2.19. The number of rotatable bonds is 4. The van der Waals surface area contributed by atoms with Gasteiger partial charge in [0.25, 0.3) is 5.91 Å². The molecule has 1 heterocycles. The van der Waals surface area contributed by atoms with E-state index in [9.17, 15) is 13.6 Å². The zero-order valence-electron chi connectivity index (χ0n) is 13.0. The van der Waals surface area contributed by atoms with Gasteiger partial charge in [-0.2, -0.15) is 5.10 Å². The summed E-state index contributed by atoms with van der Waals surface area (Å²) in [6.45, 7) is 1.98. The van der Waals surface area contributed by atoms with Gasteiger partial charge in [-0.25, -0.2) is 18.9 Å². The summed E-state index contributed by atoms with van der Waals surface area (Å²) in [6, 6.07) is 8.88. The number of benzene rings is 2. The van der Waals surface area contributed by atoms with E-state index in [4.69, 9.17) is 11.6 Å². The lowest BCUT2D eigenvalue weighted by atomic mass is 10.2. The van der Waals surface area contributed by atoms with Crippen molar-refractivity contribution in [2.75, 3.05) is 0 Å². The van der Waals surface area contributed by atoms with Crippen molar-refractivity contribution in [3.05, 3.63) is 58.6 Å². The Morgan fingerprint density at radius 1 is 1.28 bits per heavy atom. The highest BCUT2D eigenvalue weighted by Crippen LogP contribution is 2.19. The van der Waals surface area contributed by atoms with E-state index < -0.39 is 17.5 Å². The van der Waals surface area contributed by atoms with Crippen molar-refractivity contribution >= 4 is 34.3 Å². The van der Waals surface area contributed by atoms with Crippen LogP contribution in [0, 0.1) is 11.6 Å². The fraction of sp³-hybridized carbons (Fsp3) is 0.125. The molecule has 0 aliphatic rings. The Bertz CT molecular complexity index is 986. The van der Waals surface area contributed by atoms with Crippen molar-refractivity contribution in [3.63, 3.8) is 0 Å². The molecule has 0 aliphatic heterocycles. The van der Waals surface area contributed by atoms with Crippen LogP contribution in [-0.4, -0.2) is 26.6 Å². The Balaban J connectivity index is 1.73. The Hall–Kier alpha value is -2.87. The van der Waals surface area contributed by atoms with E-state index in [1.54, 1.807) is 11.6 Å². The van der Waals surface area contributed by atoms with Crippen LogP contribution < -0.4 is 5.43 Å². The van der Waals surface area contributed by atoms with Gasteiger partial charge in [0.2, 0.25) is 0 Å². The molecule has 1 aromatic heterocycles. The maximum Gasteiger partial charge on any atom is 0.272 e. The second kappa shape index (κ2) is 6.94. The third-order valence-corrected chi connectivity index (χ3v) is 3.71. The van der Waals surface area contributed by atoms with Gasteiger partial charge in [-0.05, 0) is 31.2 Å². The maximum atomic E-state index is 13.3. The van der Waals surface area contributed by atoms with E-state index >= 15 is 0 Å². The summed E-state index contributed by atoms with van der Waals surface area (Å²) in [7, 11) is 0. The van der Waals surface area contributed by atoms with Crippen LogP contribution in [0.15, 0.2) is 41.5 Å². The first-order chi connectivity index (χ1) is 12.0. The first-order valence-corrected chi connectivity index (χ1v) is 7.60. The summed E-state index contributed by atoms with van der Waals surface area (Å²) in [5.41, 5.74) is 4.16. The molecule has 0 spiro atoms. The first kappa shape index (κ1) is 17.0. The SMILES string of the molecule is C/C(Cn1nnc2ccccc21)=N\NC(=O)c1cc(F)c(F)cc1Cl. The van der Waals surface area contributed by atoms with E-state index in [1.807, 2.05) is 24.3 Å². The lowest BCUT2D eigenvalue weighted by Gasteiger charge is -2.06. The summed E-state index contributed by atoms with van der Waals surface area (Å²) in [5, 5.41) is 11.8. The number of carbonyl (C=O) groups is 1. The van der Waals surface area contributed by atoms with E-state index in [2.05, 4.69) is 20.8 Å². The summed E-state index contributed by atoms with van der Waals surface area (Å²) < 4.78 is 27.9. The van der Waals surface area contributed by atoms with E-state index in [0.717, 1.165) is 23.2 Å². The quantitative estimate of drug-likeness (QED) is 0.439. The van der Waals surface area contributed by atoms with Gasteiger partial charge in [-0.1, -0.05) is 28.9 Å². The number of nitrogens with zero attached hydrogens (tertiary/aromatic N) is 4. The molecule has 0 aliphatic carbocycles. The van der Waals surface area contributed by atoms with E-state index in [-0.39, 0.29) is 10.6 Å². The zero-order chi connectivity index (χ0) is 18.0. The van der Waals surface area contributed by atoms with Gasteiger partial charge >= 0.3 is 0 Å². The standard InChI is InChI=1S/C16H12ClF2N5O/c1-9(8-24-15-5-3-2-4-14(15)21-23-24)20-22-16(25)10-6-12(18)13(19)7-11(10)17/h2-7H,8H2,1H3,(H,22,25)/b20-9+. The molecule has 25 heavy (non-hydrogen) atoms. The van der Waals surface area contributed by atoms with Crippen LogP contribution >= 0.6 is 11.6 Å². The third kappa shape index (κ3) is 3.63. The molecule has 128 valence electrons. The number of hydrazone groups is 1. The topological polar surface area (TPSA) is 72.2 Å². The molecular formula is C16H12ClF2N5O. The molecule has 0 saturated carbocycles. The minimum Gasteiger partial charge on any atom is -0.267 e. The average Bonchev–Trinajstić information content (AvgIpc) is 2.99. The largest absolute Gasteiger partial charge is 0.272 e. The van der Waals surface area contributed by atoms with Crippen LogP contribution in [0.2, 0.25) is 5.02 Å². The number of nitrogens with one attached hydrogen (secondary N) is 1. The zero-order valence-corrected chi connectivity index (χ0v) is 13.8. The molecule has 0 unspecified atom stereocenters. The van der Waals surface area contributed by atoms with Crippen molar-refractivity contribution < 1.29 is 13.6 Å². The first-order valence-electron chi connectivity index (χ1n) is 7.22. The van der Waals surface area contributed by atoms with Gasteiger partial charge in [0, 0.05) is 0 Å². The van der Waals surface area contributed by atoms with Crippen molar-refractivity contribution in [3.8, 4) is 0 Å². The minimum absolute atomic E-state index is 0.202.